The van der Waals surface area contributed by atoms with E-state index in [4.69, 9.17) is 0 Å². The van der Waals surface area contributed by atoms with Crippen LogP contribution in [0.3, 0.4) is 0 Å². The Morgan fingerprint density at radius 3 is 2.68 bits per heavy atom. The van der Waals surface area contributed by atoms with Crippen molar-refractivity contribution in [1.29, 1.82) is 0 Å². The molecule has 3 heterocycles. The van der Waals surface area contributed by atoms with Gasteiger partial charge < -0.3 is 10.6 Å². The molecule has 1 aromatic carbocycles. The largest absolute Gasteiger partial charge is 0.348 e. The quantitative estimate of drug-likeness (QED) is 0.788. The third-order valence-electron chi connectivity index (χ3n) is 4.78. The van der Waals surface area contributed by atoms with Crippen LogP contribution in [0.2, 0.25) is 0 Å². The van der Waals surface area contributed by atoms with Crippen molar-refractivity contribution in [3.8, 4) is 0 Å². The van der Waals surface area contributed by atoms with Crippen LogP contribution < -0.4 is 10.6 Å². The zero-order chi connectivity index (χ0) is 17.4. The molecule has 3 unspecified atom stereocenters. The maximum Gasteiger partial charge on any atom is 0.251 e. The molecule has 7 heteroatoms. The molecule has 0 aliphatic carbocycles. The number of rotatable bonds is 5. The van der Waals surface area contributed by atoms with E-state index in [1.807, 2.05) is 24.3 Å². The topological polar surface area (TPSA) is 71.1 Å². The van der Waals surface area contributed by atoms with Crippen LogP contribution in [0.25, 0.3) is 0 Å². The van der Waals surface area contributed by atoms with E-state index in [1.54, 1.807) is 5.38 Å². The number of fused-ring (bicyclic) bond motifs is 2. The molecule has 4 rings (SSSR count). The number of carbonyl (C=O) groups excluding carboxylic acids is 2. The summed E-state index contributed by atoms with van der Waals surface area (Å²) in [5, 5.41) is 8.46. The Morgan fingerprint density at radius 1 is 1.28 bits per heavy atom. The highest BCUT2D eigenvalue weighted by Crippen LogP contribution is 2.31. The average Bonchev–Trinajstić information content (AvgIpc) is 3.32. The molecule has 1 aromatic heterocycles. The van der Waals surface area contributed by atoms with Gasteiger partial charge in [0.15, 0.2) is 10.1 Å². The minimum Gasteiger partial charge on any atom is -0.348 e. The summed E-state index contributed by atoms with van der Waals surface area (Å²) in [4.78, 5) is 29.0. The van der Waals surface area contributed by atoms with Gasteiger partial charge in [-0.15, -0.1) is 11.3 Å². The summed E-state index contributed by atoms with van der Waals surface area (Å²) in [5.41, 5.74) is 1.18. The van der Waals surface area contributed by atoms with Crippen molar-refractivity contribution in [2.45, 2.75) is 53.5 Å². The first-order valence-corrected chi connectivity index (χ1v) is 10.1. The van der Waals surface area contributed by atoms with Crippen LogP contribution in [0.4, 0.5) is 0 Å². The summed E-state index contributed by atoms with van der Waals surface area (Å²) in [6, 6.07) is 8.80. The van der Waals surface area contributed by atoms with E-state index < -0.39 is 0 Å². The van der Waals surface area contributed by atoms with Gasteiger partial charge in [-0.25, -0.2) is 4.98 Å². The van der Waals surface area contributed by atoms with Crippen molar-refractivity contribution >= 4 is 34.8 Å². The molecule has 1 amide bonds. The van der Waals surface area contributed by atoms with E-state index in [1.165, 1.54) is 36.4 Å². The smallest absolute Gasteiger partial charge is 0.251 e. The van der Waals surface area contributed by atoms with Gasteiger partial charge >= 0.3 is 0 Å². The number of carbonyl (C=O) groups is 2. The normalized spacial score (nSPS) is 24.4. The number of nitrogens with one attached hydrogen (secondary N) is 2. The summed E-state index contributed by atoms with van der Waals surface area (Å²) < 4.78 is 0.829. The molecule has 2 aromatic rings. The maximum atomic E-state index is 12.4. The molecule has 2 N–H and O–H groups in total. The molecule has 25 heavy (non-hydrogen) atoms. The molecule has 2 aliphatic heterocycles. The number of nitrogens with zero attached hydrogens (tertiary/aromatic N) is 1. The molecule has 130 valence electrons. The van der Waals surface area contributed by atoms with Crippen LogP contribution >= 0.6 is 23.1 Å². The lowest BCUT2D eigenvalue weighted by atomic mass is 9.95. The summed E-state index contributed by atoms with van der Waals surface area (Å²) in [6.45, 7) is 1.52. The van der Waals surface area contributed by atoms with Gasteiger partial charge in [0.05, 0.1) is 0 Å². The van der Waals surface area contributed by atoms with Crippen LogP contribution in [0, 0.1) is 0 Å². The number of hydrogen-bond donors (Lipinski definition) is 2. The van der Waals surface area contributed by atoms with Crippen LogP contribution in [0.1, 0.15) is 47.0 Å². The van der Waals surface area contributed by atoms with E-state index >= 15 is 0 Å². The Kier molecular flexibility index (Phi) is 4.62. The minimum absolute atomic E-state index is 0.0102. The lowest BCUT2D eigenvalue weighted by molar-refractivity contribution is 0.0930. The van der Waals surface area contributed by atoms with E-state index in [0.29, 0.717) is 23.3 Å². The predicted octanol–water partition coefficient (Wildman–Crippen LogP) is 3.12. The van der Waals surface area contributed by atoms with Crippen molar-refractivity contribution < 1.29 is 9.59 Å². The Morgan fingerprint density at radius 2 is 2.08 bits per heavy atom. The van der Waals surface area contributed by atoms with Crippen LogP contribution in [-0.4, -0.2) is 34.8 Å². The predicted molar refractivity (Wildman–Crippen MR) is 98.5 cm³/mol. The average molecular weight is 374 g/mol. The minimum atomic E-state index is -0.0229. The number of ketones is 1. The fourth-order valence-corrected chi connectivity index (χ4v) is 5.30. The van der Waals surface area contributed by atoms with Gasteiger partial charge in [0.25, 0.3) is 5.91 Å². The molecule has 3 atom stereocenters. The SMILES string of the molecule is CC(=O)c1csc(Sc2ccc(C(=O)NC3CC4CCC3N4)cc2)n1. The zero-order valence-corrected chi connectivity index (χ0v) is 15.5. The van der Waals surface area contributed by atoms with Crippen molar-refractivity contribution in [2.75, 3.05) is 0 Å². The first kappa shape index (κ1) is 16.8. The van der Waals surface area contributed by atoms with Crippen molar-refractivity contribution in [3.63, 3.8) is 0 Å². The zero-order valence-electron chi connectivity index (χ0n) is 13.8. The molecular formula is C18H19N3O2S2. The fraction of sp³-hybridized carbons (Fsp3) is 0.389. The molecule has 2 saturated heterocycles. The van der Waals surface area contributed by atoms with Crippen LogP contribution in [0.15, 0.2) is 38.9 Å². The fourth-order valence-electron chi connectivity index (χ4n) is 3.48. The van der Waals surface area contributed by atoms with Gasteiger partial charge in [-0.3, -0.25) is 9.59 Å². The van der Waals surface area contributed by atoms with Crippen molar-refractivity contribution in [3.05, 3.63) is 40.9 Å². The lowest BCUT2D eigenvalue weighted by Gasteiger charge is -2.21. The highest BCUT2D eigenvalue weighted by molar-refractivity contribution is 8.01. The number of amides is 1. The van der Waals surface area contributed by atoms with Gasteiger partial charge in [-0.1, -0.05) is 11.8 Å². The molecule has 2 bridgehead atoms. The number of benzene rings is 1. The number of hydrogen-bond acceptors (Lipinski definition) is 6. The monoisotopic (exact) mass is 373 g/mol. The van der Waals surface area contributed by atoms with E-state index in [0.717, 1.165) is 22.1 Å². The third kappa shape index (κ3) is 3.63. The third-order valence-corrected chi connectivity index (χ3v) is 6.73. The second kappa shape index (κ2) is 6.90. The number of aromatic nitrogens is 1. The Balaban J connectivity index is 1.37. The van der Waals surface area contributed by atoms with Crippen LogP contribution in [-0.2, 0) is 0 Å². The summed E-state index contributed by atoms with van der Waals surface area (Å²) >= 11 is 2.96. The highest BCUT2D eigenvalue weighted by Gasteiger charge is 2.39. The lowest BCUT2D eigenvalue weighted by Crippen LogP contribution is -2.42. The first-order valence-electron chi connectivity index (χ1n) is 8.40. The van der Waals surface area contributed by atoms with Gasteiger partial charge in [-0.2, -0.15) is 0 Å². The van der Waals surface area contributed by atoms with E-state index in [-0.39, 0.29) is 17.7 Å². The maximum absolute atomic E-state index is 12.4. The number of thiazole rings is 1. The summed E-state index contributed by atoms with van der Waals surface area (Å²) in [5.74, 6) is -0.0331. The second-order valence-electron chi connectivity index (χ2n) is 6.54. The van der Waals surface area contributed by atoms with E-state index in [2.05, 4.69) is 15.6 Å². The Labute approximate surface area is 154 Å². The van der Waals surface area contributed by atoms with Gasteiger partial charge in [-0.05, 0) is 43.5 Å². The van der Waals surface area contributed by atoms with Crippen LogP contribution in [0.5, 0.6) is 0 Å². The molecule has 5 nitrogen and oxygen atoms in total. The van der Waals surface area contributed by atoms with Crippen molar-refractivity contribution in [1.82, 2.24) is 15.6 Å². The molecule has 0 spiro atoms. The standard InChI is InChI=1S/C18H19N3O2S2/c1-10(22)16-9-24-18(21-16)25-13-5-2-11(3-6-13)17(23)20-15-8-12-4-7-14(15)19-12/h2-3,5-6,9,12,14-15,19H,4,7-8H2,1H3,(H,20,23). The van der Waals surface area contributed by atoms with Gasteiger partial charge in [0.2, 0.25) is 0 Å². The van der Waals surface area contributed by atoms with Crippen molar-refractivity contribution in [2.24, 2.45) is 0 Å². The first-order chi connectivity index (χ1) is 12.1. The summed E-state index contributed by atoms with van der Waals surface area (Å²) in [6.07, 6.45) is 3.42. The molecular weight excluding hydrogens is 354 g/mol. The molecule has 2 fully saturated rings. The Hall–Kier alpha value is -1.70. The number of Topliss-reactive ketones (excluding diaryl/α,β-unsaturated/α-hetero) is 1. The molecule has 0 saturated carbocycles. The highest BCUT2D eigenvalue weighted by atomic mass is 32.2. The Bertz CT molecular complexity index is 803. The molecule has 0 radical (unpaired) electrons. The van der Waals surface area contributed by atoms with Gasteiger partial charge in [0, 0.05) is 40.9 Å². The summed E-state index contributed by atoms with van der Waals surface area (Å²) in [7, 11) is 0. The molecule has 2 aliphatic rings. The van der Waals surface area contributed by atoms with E-state index in [9.17, 15) is 9.59 Å². The van der Waals surface area contributed by atoms with Gasteiger partial charge in [0.1, 0.15) is 5.69 Å². The second-order valence-corrected chi connectivity index (χ2v) is 8.72.